The van der Waals surface area contributed by atoms with Crippen LogP contribution in [0.1, 0.15) is 23.8 Å². The first-order valence-corrected chi connectivity index (χ1v) is 11.5. The lowest BCUT2D eigenvalue weighted by molar-refractivity contribution is 0.141. The van der Waals surface area contributed by atoms with Gasteiger partial charge in [-0.15, -0.1) is 23.7 Å². The third-order valence-corrected chi connectivity index (χ3v) is 7.12. The molecule has 5 rings (SSSR count). The second-order valence-corrected chi connectivity index (χ2v) is 9.03. The number of para-hydroxylation sites is 1. The van der Waals surface area contributed by atoms with E-state index in [1.54, 1.807) is 11.3 Å². The topological polar surface area (TPSA) is 39.6 Å². The Labute approximate surface area is 193 Å². The monoisotopic (exact) mass is 453 g/mol. The summed E-state index contributed by atoms with van der Waals surface area (Å²) >= 11 is 1.72. The van der Waals surface area contributed by atoms with Gasteiger partial charge < -0.3 is 10.0 Å². The van der Waals surface area contributed by atoms with Gasteiger partial charge in [0.25, 0.3) is 0 Å². The SMILES string of the molecule is Cc1ccc2cccc(N3CCN(CCC(O)c4csc5ccccc45)CC3)c2n1.Cl. The van der Waals surface area contributed by atoms with E-state index in [2.05, 4.69) is 70.6 Å². The molecule has 2 aromatic heterocycles. The van der Waals surface area contributed by atoms with Crippen LogP contribution < -0.4 is 4.90 Å². The number of anilines is 1. The van der Waals surface area contributed by atoms with Crippen LogP contribution in [0.2, 0.25) is 0 Å². The van der Waals surface area contributed by atoms with E-state index in [4.69, 9.17) is 4.98 Å². The van der Waals surface area contributed by atoms with Crippen molar-refractivity contribution >= 4 is 50.4 Å². The summed E-state index contributed by atoms with van der Waals surface area (Å²) in [6, 6.07) is 19.0. The number of nitrogens with zero attached hydrogens (tertiary/aromatic N) is 3. The number of hydrogen-bond acceptors (Lipinski definition) is 5. The van der Waals surface area contributed by atoms with Crippen LogP contribution in [0.4, 0.5) is 5.69 Å². The normalized spacial score (nSPS) is 15.9. The lowest BCUT2D eigenvalue weighted by Gasteiger charge is -2.36. The van der Waals surface area contributed by atoms with E-state index >= 15 is 0 Å². The second kappa shape index (κ2) is 9.53. The van der Waals surface area contributed by atoms with Gasteiger partial charge >= 0.3 is 0 Å². The van der Waals surface area contributed by atoms with Crippen molar-refractivity contribution in [3.63, 3.8) is 0 Å². The predicted octanol–water partition coefficient (Wildman–Crippen LogP) is 5.43. The van der Waals surface area contributed by atoms with Crippen molar-refractivity contribution in [1.82, 2.24) is 9.88 Å². The number of aliphatic hydroxyl groups excluding tert-OH is 1. The molecule has 3 heterocycles. The fourth-order valence-corrected chi connectivity index (χ4v) is 5.42. The Balaban J connectivity index is 0.00000231. The van der Waals surface area contributed by atoms with Crippen molar-refractivity contribution in [3.8, 4) is 0 Å². The highest BCUT2D eigenvalue weighted by Gasteiger charge is 2.21. The van der Waals surface area contributed by atoms with Gasteiger partial charge in [0.05, 0.1) is 17.3 Å². The van der Waals surface area contributed by atoms with E-state index in [1.165, 1.54) is 21.2 Å². The van der Waals surface area contributed by atoms with Crippen LogP contribution in [0, 0.1) is 6.92 Å². The number of piperazine rings is 1. The number of fused-ring (bicyclic) bond motifs is 2. The van der Waals surface area contributed by atoms with Gasteiger partial charge in [0.15, 0.2) is 0 Å². The van der Waals surface area contributed by atoms with Gasteiger partial charge in [-0.3, -0.25) is 9.88 Å². The number of benzene rings is 2. The van der Waals surface area contributed by atoms with Crippen molar-refractivity contribution in [2.75, 3.05) is 37.6 Å². The summed E-state index contributed by atoms with van der Waals surface area (Å²) in [4.78, 5) is 9.72. The molecule has 0 saturated carbocycles. The van der Waals surface area contributed by atoms with Crippen molar-refractivity contribution < 1.29 is 5.11 Å². The van der Waals surface area contributed by atoms with Crippen LogP contribution in [-0.4, -0.2) is 47.7 Å². The van der Waals surface area contributed by atoms with E-state index in [0.717, 1.165) is 55.9 Å². The third kappa shape index (κ3) is 4.55. The molecule has 4 nitrogen and oxygen atoms in total. The van der Waals surface area contributed by atoms with Crippen molar-refractivity contribution in [3.05, 3.63) is 71.2 Å². The lowest BCUT2D eigenvalue weighted by Crippen LogP contribution is -2.46. The molecule has 0 spiro atoms. The quantitative estimate of drug-likeness (QED) is 0.437. The standard InChI is InChI=1S/C25H27N3OS.ClH/c1-18-9-10-19-5-4-7-22(25(19)26-18)28-15-13-27(14-16-28)12-11-23(29)21-17-30-24-8-3-2-6-20(21)24;/h2-10,17,23,29H,11-16H2,1H3;1H. The molecule has 1 N–H and O–H groups in total. The highest BCUT2D eigenvalue weighted by molar-refractivity contribution is 7.17. The maximum Gasteiger partial charge on any atom is 0.0938 e. The van der Waals surface area contributed by atoms with Gasteiger partial charge in [0.2, 0.25) is 0 Å². The molecule has 1 fully saturated rings. The molecule has 6 heteroatoms. The van der Waals surface area contributed by atoms with E-state index in [1.807, 2.05) is 6.07 Å². The zero-order valence-corrected chi connectivity index (χ0v) is 19.3. The Morgan fingerprint density at radius 3 is 2.65 bits per heavy atom. The average molecular weight is 454 g/mol. The molecule has 1 aliphatic rings. The molecule has 0 aliphatic carbocycles. The van der Waals surface area contributed by atoms with Crippen LogP contribution in [0.5, 0.6) is 0 Å². The van der Waals surface area contributed by atoms with E-state index in [0.29, 0.717) is 0 Å². The number of aryl methyl sites for hydroxylation is 1. The number of halogens is 1. The minimum Gasteiger partial charge on any atom is -0.388 e. The smallest absolute Gasteiger partial charge is 0.0938 e. The molecule has 2 aromatic carbocycles. The first-order chi connectivity index (χ1) is 14.7. The summed E-state index contributed by atoms with van der Waals surface area (Å²) in [7, 11) is 0. The molecule has 1 atom stereocenters. The van der Waals surface area contributed by atoms with E-state index in [-0.39, 0.29) is 12.4 Å². The molecule has 1 unspecified atom stereocenters. The Morgan fingerprint density at radius 1 is 1.00 bits per heavy atom. The number of aromatic nitrogens is 1. The van der Waals surface area contributed by atoms with Crippen LogP contribution in [-0.2, 0) is 0 Å². The van der Waals surface area contributed by atoms with Crippen LogP contribution >= 0.6 is 23.7 Å². The Morgan fingerprint density at radius 2 is 1.81 bits per heavy atom. The molecule has 1 aliphatic heterocycles. The molecule has 0 amide bonds. The van der Waals surface area contributed by atoms with E-state index < -0.39 is 6.10 Å². The highest BCUT2D eigenvalue weighted by Crippen LogP contribution is 2.32. The molecule has 0 bridgehead atoms. The molecular formula is C25H28ClN3OS. The van der Waals surface area contributed by atoms with Gasteiger partial charge in [-0.05, 0) is 47.9 Å². The third-order valence-electron chi connectivity index (χ3n) is 6.14. The van der Waals surface area contributed by atoms with E-state index in [9.17, 15) is 5.11 Å². The Kier molecular flexibility index (Phi) is 6.77. The number of rotatable bonds is 5. The van der Waals surface area contributed by atoms with Crippen molar-refractivity contribution in [2.45, 2.75) is 19.4 Å². The summed E-state index contributed by atoms with van der Waals surface area (Å²) in [6.45, 7) is 6.99. The van der Waals surface area contributed by atoms with Crippen LogP contribution in [0.15, 0.2) is 60.0 Å². The number of pyridine rings is 1. The fraction of sp³-hybridized carbons (Fsp3) is 0.320. The van der Waals surface area contributed by atoms with Crippen LogP contribution in [0.25, 0.3) is 21.0 Å². The van der Waals surface area contributed by atoms with Crippen LogP contribution in [0.3, 0.4) is 0 Å². The van der Waals surface area contributed by atoms with Gasteiger partial charge in [-0.2, -0.15) is 0 Å². The highest BCUT2D eigenvalue weighted by atomic mass is 35.5. The van der Waals surface area contributed by atoms with Crippen molar-refractivity contribution in [2.24, 2.45) is 0 Å². The van der Waals surface area contributed by atoms with Crippen molar-refractivity contribution in [1.29, 1.82) is 0 Å². The Bertz CT molecular complexity index is 1170. The zero-order valence-electron chi connectivity index (χ0n) is 17.7. The number of aliphatic hydroxyl groups is 1. The summed E-state index contributed by atoms with van der Waals surface area (Å²) in [5.41, 5.74) is 4.47. The first-order valence-electron chi connectivity index (χ1n) is 10.7. The van der Waals surface area contributed by atoms with Gasteiger partial charge in [-0.25, -0.2) is 0 Å². The minimum atomic E-state index is -0.399. The number of thiophene rings is 1. The summed E-state index contributed by atoms with van der Waals surface area (Å²) < 4.78 is 1.25. The van der Waals surface area contributed by atoms with Gasteiger partial charge in [0.1, 0.15) is 0 Å². The predicted molar refractivity (Wildman–Crippen MR) is 134 cm³/mol. The molecule has 31 heavy (non-hydrogen) atoms. The molecule has 1 saturated heterocycles. The minimum absolute atomic E-state index is 0. The molecular weight excluding hydrogens is 426 g/mol. The lowest BCUT2D eigenvalue weighted by atomic mass is 10.1. The second-order valence-electron chi connectivity index (χ2n) is 8.12. The fourth-order valence-electron chi connectivity index (χ4n) is 4.41. The summed E-state index contributed by atoms with van der Waals surface area (Å²) in [5.74, 6) is 0. The van der Waals surface area contributed by atoms with Gasteiger partial charge in [0, 0.05) is 48.5 Å². The maximum absolute atomic E-state index is 10.8. The number of hydrogen-bond donors (Lipinski definition) is 1. The molecule has 4 aromatic rings. The van der Waals surface area contributed by atoms with Gasteiger partial charge in [-0.1, -0.05) is 36.4 Å². The summed E-state index contributed by atoms with van der Waals surface area (Å²) in [5, 5.41) is 15.3. The average Bonchev–Trinajstić information content (AvgIpc) is 3.22. The maximum atomic E-state index is 10.8. The Hall–Kier alpha value is -2.18. The molecule has 0 radical (unpaired) electrons. The zero-order chi connectivity index (χ0) is 20.5. The summed E-state index contributed by atoms with van der Waals surface area (Å²) in [6.07, 6.45) is 0.375. The molecule has 162 valence electrons. The first kappa shape index (κ1) is 22.0. The largest absolute Gasteiger partial charge is 0.388 e.